The molecule has 0 aliphatic rings. The van der Waals surface area contributed by atoms with Crippen molar-refractivity contribution in [2.45, 2.75) is 20.0 Å². The highest BCUT2D eigenvalue weighted by molar-refractivity contribution is 5.58. The number of hydrogen-bond acceptors (Lipinski definition) is 2. The number of methoxy groups -OCH3 is 1. The average molecular weight is 192 g/mol. The monoisotopic (exact) mass is 192 g/mol. The van der Waals surface area contributed by atoms with Gasteiger partial charge in [0.25, 0.3) is 0 Å². The minimum absolute atomic E-state index is 0.157. The van der Waals surface area contributed by atoms with Crippen molar-refractivity contribution in [1.29, 1.82) is 0 Å². The molecule has 0 saturated carbocycles. The Morgan fingerprint density at radius 1 is 1.21 bits per heavy atom. The van der Waals surface area contributed by atoms with Gasteiger partial charge in [-0.1, -0.05) is 6.58 Å². The fraction of sp³-hybridized carbons (Fsp3) is 0.333. The van der Waals surface area contributed by atoms with E-state index in [0.717, 1.165) is 11.3 Å². The van der Waals surface area contributed by atoms with Gasteiger partial charge in [-0.2, -0.15) is 0 Å². The van der Waals surface area contributed by atoms with Gasteiger partial charge >= 0.3 is 0 Å². The Morgan fingerprint density at radius 2 is 1.79 bits per heavy atom. The molecule has 0 aliphatic carbocycles. The number of hydrogen-bond donors (Lipinski definition) is 0. The molecule has 0 aromatic heterocycles. The molecule has 2 nitrogen and oxygen atoms in total. The van der Waals surface area contributed by atoms with Crippen molar-refractivity contribution in [1.82, 2.24) is 0 Å². The molecule has 1 aromatic carbocycles. The van der Waals surface area contributed by atoms with Gasteiger partial charge < -0.3 is 9.47 Å². The third-order valence-electron chi connectivity index (χ3n) is 1.79. The molecule has 0 spiro atoms. The summed E-state index contributed by atoms with van der Waals surface area (Å²) in [4.78, 5) is 0. The van der Waals surface area contributed by atoms with Gasteiger partial charge in [0.05, 0.1) is 13.2 Å². The van der Waals surface area contributed by atoms with Crippen LogP contribution in [0.4, 0.5) is 0 Å². The summed E-state index contributed by atoms with van der Waals surface area (Å²) < 4.78 is 10.5. The summed E-state index contributed by atoms with van der Waals surface area (Å²) in [6, 6.07) is 7.65. The Labute approximate surface area is 85.2 Å². The molecule has 0 saturated heterocycles. The van der Waals surface area contributed by atoms with Crippen molar-refractivity contribution in [3.8, 4) is 5.75 Å². The molecule has 0 aliphatic heterocycles. The molecule has 1 aromatic rings. The number of rotatable bonds is 4. The van der Waals surface area contributed by atoms with E-state index in [1.807, 2.05) is 38.1 Å². The predicted molar refractivity (Wildman–Crippen MR) is 58.2 cm³/mol. The normalized spacial score (nSPS) is 10.0. The maximum absolute atomic E-state index is 5.47. The molecule has 0 radical (unpaired) electrons. The van der Waals surface area contributed by atoms with Crippen LogP contribution in [0.25, 0.3) is 5.76 Å². The Bertz CT molecular complexity index is 299. The Balaban J connectivity index is 2.71. The molecular weight excluding hydrogens is 176 g/mol. The van der Waals surface area contributed by atoms with Gasteiger partial charge in [-0.05, 0) is 38.1 Å². The van der Waals surface area contributed by atoms with Gasteiger partial charge in [-0.15, -0.1) is 0 Å². The number of ether oxygens (including phenoxy) is 2. The maximum Gasteiger partial charge on any atom is 0.119 e. The van der Waals surface area contributed by atoms with Gasteiger partial charge in [-0.3, -0.25) is 0 Å². The third kappa shape index (κ3) is 2.80. The Morgan fingerprint density at radius 3 is 2.21 bits per heavy atom. The van der Waals surface area contributed by atoms with Gasteiger partial charge in [0.2, 0.25) is 0 Å². The smallest absolute Gasteiger partial charge is 0.119 e. The van der Waals surface area contributed by atoms with Crippen molar-refractivity contribution in [2.24, 2.45) is 0 Å². The van der Waals surface area contributed by atoms with Crippen LogP contribution in [0.15, 0.2) is 30.8 Å². The molecule has 14 heavy (non-hydrogen) atoms. The second-order valence-corrected chi connectivity index (χ2v) is 3.32. The molecule has 0 fully saturated rings. The molecule has 0 bridgehead atoms. The van der Waals surface area contributed by atoms with E-state index < -0.39 is 0 Å². The maximum atomic E-state index is 5.47. The first kappa shape index (κ1) is 10.6. The lowest BCUT2D eigenvalue weighted by atomic mass is 10.2. The lowest BCUT2D eigenvalue weighted by molar-refractivity contribution is 0.205. The molecule has 0 atom stereocenters. The van der Waals surface area contributed by atoms with E-state index in [-0.39, 0.29) is 6.10 Å². The van der Waals surface area contributed by atoms with E-state index in [0.29, 0.717) is 5.76 Å². The largest absolute Gasteiger partial charge is 0.497 e. The standard InChI is InChI=1S/C12H16O2/c1-9(2)14-10(3)11-5-7-12(13-4)8-6-11/h5-9H,3H2,1-2,4H3. The summed E-state index contributed by atoms with van der Waals surface area (Å²) >= 11 is 0. The lowest BCUT2D eigenvalue weighted by Crippen LogP contribution is -2.00. The zero-order chi connectivity index (χ0) is 10.6. The van der Waals surface area contributed by atoms with Gasteiger partial charge in [0, 0.05) is 5.56 Å². The van der Waals surface area contributed by atoms with Crippen molar-refractivity contribution >= 4 is 5.76 Å². The molecular formula is C12H16O2. The van der Waals surface area contributed by atoms with Crippen LogP contribution < -0.4 is 4.74 Å². The molecule has 1 rings (SSSR count). The minimum Gasteiger partial charge on any atom is -0.497 e. The second-order valence-electron chi connectivity index (χ2n) is 3.32. The van der Waals surface area contributed by atoms with Crippen LogP contribution in [-0.4, -0.2) is 13.2 Å². The Hall–Kier alpha value is -1.44. The van der Waals surface area contributed by atoms with Crippen LogP contribution >= 0.6 is 0 Å². The van der Waals surface area contributed by atoms with Crippen LogP contribution in [0.5, 0.6) is 5.75 Å². The third-order valence-corrected chi connectivity index (χ3v) is 1.79. The van der Waals surface area contributed by atoms with E-state index in [1.54, 1.807) is 7.11 Å². The van der Waals surface area contributed by atoms with Gasteiger partial charge in [0.15, 0.2) is 0 Å². The topological polar surface area (TPSA) is 18.5 Å². The van der Waals surface area contributed by atoms with Crippen LogP contribution in [0.2, 0.25) is 0 Å². The van der Waals surface area contributed by atoms with Crippen LogP contribution in [0, 0.1) is 0 Å². The van der Waals surface area contributed by atoms with Crippen LogP contribution in [0.3, 0.4) is 0 Å². The van der Waals surface area contributed by atoms with E-state index in [9.17, 15) is 0 Å². The highest BCUT2D eigenvalue weighted by atomic mass is 16.5. The molecule has 0 N–H and O–H groups in total. The van der Waals surface area contributed by atoms with Gasteiger partial charge in [-0.25, -0.2) is 0 Å². The summed E-state index contributed by atoms with van der Waals surface area (Å²) in [5.41, 5.74) is 0.986. The highest BCUT2D eigenvalue weighted by Crippen LogP contribution is 2.19. The van der Waals surface area contributed by atoms with E-state index in [1.165, 1.54) is 0 Å². The molecule has 0 amide bonds. The fourth-order valence-corrected chi connectivity index (χ4v) is 1.13. The molecule has 2 heteroatoms. The average Bonchev–Trinajstić information content (AvgIpc) is 2.17. The van der Waals surface area contributed by atoms with Crippen molar-refractivity contribution in [2.75, 3.05) is 7.11 Å². The highest BCUT2D eigenvalue weighted by Gasteiger charge is 2.02. The zero-order valence-corrected chi connectivity index (χ0v) is 8.91. The fourth-order valence-electron chi connectivity index (χ4n) is 1.13. The van der Waals surface area contributed by atoms with E-state index in [2.05, 4.69) is 6.58 Å². The van der Waals surface area contributed by atoms with Crippen molar-refractivity contribution in [3.05, 3.63) is 36.4 Å². The summed E-state index contributed by atoms with van der Waals surface area (Å²) in [7, 11) is 1.65. The molecule has 76 valence electrons. The SMILES string of the molecule is C=C(OC(C)C)c1ccc(OC)cc1. The second kappa shape index (κ2) is 4.70. The summed E-state index contributed by atoms with van der Waals surface area (Å²) in [6.07, 6.45) is 0.157. The van der Waals surface area contributed by atoms with E-state index in [4.69, 9.17) is 9.47 Å². The van der Waals surface area contributed by atoms with Crippen LogP contribution in [-0.2, 0) is 4.74 Å². The molecule has 0 heterocycles. The lowest BCUT2D eigenvalue weighted by Gasteiger charge is -2.12. The Kier molecular flexibility index (Phi) is 3.57. The zero-order valence-electron chi connectivity index (χ0n) is 8.91. The van der Waals surface area contributed by atoms with Crippen molar-refractivity contribution < 1.29 is 9.47 Å². The first-order valence-corrected chi connectivity index (χ1v) is 4.63. The van der Waals surface area contributed by atoms with E-state index >= 15 is 0 Å². The first-order valence-electron chi connectivity index (χ1n) is 4.63. The van der Waals surface area contributed by atoms with Crippen molar-refractivity contribution in [3.63, 3.8) is 0 Å². The summed E-state index contributed by atoms with van der Waals surface area (Å²) in [5, 5.41) is 0. The summed E-state index contributed by atoms with van der Waals surface area (Å²) in [5.74, 6) is 1.54. The number of benzene rings is 1. The predicted octanol–water partition coefficient (Wildman–Crippen LogP) is 3.09. The van der Waals surface area contributed by atoms with Crippen LogP contribution in [0.1, 0.15) is 19.4 Å². The summed E-state index contributed by atoms with van der Waals surface area (Å²) in [6.45, 7) is 7.82. The first-order chi connectivity index (χ1) is 6.63. The quantitative estimate of drug-likeness (QED) is 0.682. The van der Waals surface area contributed by atoms with Gasteiger partial charge in [0.1, 0.15) is 11.5 Å². The molecule has 0 unspecified atom stereocenters. The minimum atomic E-state index is 0.157.